The van der Waals surface area contributed by atoms with Crippen molar-refractivity contribution in [3.63, 3.8) is 0 Å². The van der Waals surface area contributed by atoms with E-state index in [1.165, 1.54) is 5.56 Å². The monoisotopic (exact) mass is 252 g/mol. The minimum atomic E-state index is 0.532. The zero-order valence-corrected chi connectivity index (χ0v) is 11.0. The second-order valence-electron chi connectivity index (χ2n) is 4.38. The van der Waals surface area contributed by atoms with Crippen molar-refractivity contribution in [2.75, 3.05) is 6.61 Å². The van der Waals surface area contributed by atoms with Crippen molar-refractivity contribution in [2.24, 2.45) is 0 Å². The van der Waals surface area contributed by atoms with Gasteiger partial charge in [-0.25, -0.2) is 4.98 Å². The molecule has 2 rings (SSSR count). The highest BCUT2D eigenvalue weighted by atomic mass is 16.5. The number of benzene rings is 1. The van der Waals surface area contributed by atoms with Gasteiger partial charge in [0.15, 0.2) is 0 Å². The average molecular weight is 252 g/mol. The van der Waals surface area contributed by atoms with Crippen LogP contribution in [0.2, 0.25) is 0 Å². The maximum Gasteiger partial charge on any atom is 0.214 e. The molecule has 0 N–H and O–H groups in total. The molecule has 0 bridgehead atoms. The van der Waals surface area contributed by atoms with Crippen molar-refractivity contribution < 1.29 is 4.74 Å². The minimum Gasteiger partial charge on any atom is -0.478 e. The molecule has 1 heterocycles. The van der Waals surface area contributed by atoms with Crippen LogP contribution in [-0.2, 0) is 6.42 Å². The molecule has 0 aliphatic heterocycles. The molecule has 0 amide bonds. The fourth-order valence-electron chi connectivity index (χ4n) is 1.87. The maximum absolute atomic E-state index is 8.87. The molecular weight excluding hydrogens is 236 g/mol. The van der Waals surface area contributed by atoms with Crippen LogP contribution in [0.3, 0.4) is 0 Å². The van der Waals surface area contributed by atoms with Crippen LogP contribution in [0.15, 0.2) is 42.5 Å². The fraction of sp³-hybridized carbons (Fsp3) is 0.250. The van der Waals surface area contributed by atoms with Crippen LogP contribution in [0.1, 0.15) is 23.2 Å². The number of hydrogen-bond donors (Lipinski definition) is 0. The van der Waals surface area contributed by atoms with Crippen molar-refractivity contribution in [1.82, 2.24) is 4.98 Å². The van der Waals surface area contributed by atoms with Crippen LogP contribution in [0, 0.1) is 18.3 Å². The number of ether oxygens (including phenoxy) is 1. The van der Waals surface area contributed by atoms with Crippen molar-refractivity contribution in [2.45, 2.75) is 19.8 Å². The molecule has 19 heavy (non-hydrogen) atoms. The maximum atomic E-state index is 8.87. The predicted molar refractivity (Wildman–Crippen MR) is 73.9 cm³/mol. The van der Waals surface area contributed by atoms with Crippen LogP contribution in [0.25, 0.3) is 0 Å². The van der Waals surface area contributed by atoms with Gasteiger partial charge in [-0.3, -0.25) is 0 Å². The highest BCUT2D eigenvalue weighted by Gasteiger charge is 2.01. The molecule has 96 valence electrons. The summed E-state index contributed by atoms with van der Waals surface area (Å²) in [6.45, 7) is 2.47. The summed E-state index contributed by atoms with van der Waals surface area (Å²) in [6, 6.07) is 15.8. The lowest BCUT2D eigenvalue weighted by atomic mass is 10.1. The molecule has 0 saturated heterocycles. The van der Waals surface area contributed by atoms with Crippen molar-refractivity contribution in [3.05, 3.63) is 59.3 Å². The summed E-state index contributed by atoms with van der Waals surface area (Å²) in [7, 11) is 0. The van der Waals surface area contributed by atoms with Crippen LogP contribution in [0.5, 0.6) is 5.88 Å². The summed E-state index contributed by atoms with van der Waals surface area (Å²) in [4.78, 5) is 4.25. The zero-order chi connectivity index (χ0) is 13.5. The summed E-state index contributed by atoms with van der Waals surface area (Å²) >= 11 is 0. The third-order valence-electron chi connectivity index (χ3n) is 2.76. The van der Waals surface area contributed by atoms with Crippen molar-refractivity contribution in [1.29, 1.82) is 5.26 Å². The lowest BCUT2D eigenvalue weighted by Crippen LogP contribution is -2.02. The van der Waals surface area contributed by atoms with Gasteiger partial charge in [0.05, 0.1) is 18.2 Å². The molecule has 0 aliphatic rings. The Morgan fingerprint density at radius 2 is 2.00 bits per heavy atom. The predicted octanol–water partition coefficient (Wildman–Crippen LogP) is 3.27. The molecule has 0 fully saturated rings. The molecular formula is C16H16N2O. The second kappa shape index (κ2) is 6.55. The van der Waals surface area contributed by atoms with Gasteiger partial charge in [0.1, 0.15) is 0 Å². The van der Waals surface area contributed by atoms with Gasteiger partial charge in [-0.2, -0.15) is 5.26 Å². The number of nitriles is 1. The van der Waals surface area contributed by atoms with Gasteiger partial charge < -0.3 is 4.74 Å². The Balaban J connectivity index is 1.83. The lowest BCUT2D eigenvalue weighted by Gasteiger charge is -2.06. The number of aromatic nitrogens is 1. The quantitative estimate of drug-likeness (QED) is 0.767. The summed E-state index contributed by atoms with van der Waals surface area (Å²) in [6.07, 6.45) is 1.92. The largest absolute Gasteiger partial charge is 0.478 e. The van der Waals surface area contributed by atoms with E-state index in [1.54, 1.807) is 12.1 Å². The van der Waals surface area contributed by atoms with Gasteiger partial charge in [0.25, 0.3) is 0 Å². The SMILES string of the molecule is Cc1cc(C#N)cc(OCCCc2ccccc2)n1. The summed E-state index contributed by atoms with van der Waals surface area (Å²) in [5, 5.41) is 8.87. The van der Waals surface area contributed by atoms with E-state index in [1.807, 2.05) is 25.1 Å². The normalized spacial score (nSPS) is 9.89. The van der Waals surface area contributed by atoms with Crippen molar-refractivity contribution in [3.8, 4) is 11.9 Å². The summed E-state index contributed by atoms with van der Waals surface area (Å²) < 4.78 is 5.59. The van der Waals surface area contributed by atoms with Gasteiger partial charge in [-0.15, -0.1) is 0 Å². The Labute approximate surface area is 113 Å². The molecule has 1 aromatic heterocycles. The first-order valence-electron chi connectivity index (χ1n) is 6.33. The van der Waals surface area contributed by atoms with E-state index in [2.05, 4.69) is 23.2 Å². The topological polar surface area (TPSA) is 45.9 Å². The molecule has 3 nitrogen and oxygen atoms in total. The number of nitrogens with zero attached hydrogens (tertiary/aromatic N) is 2. The average Bonchev–Trinajstić information content (AvgIpc) is 2.44. The highest BCUT2D eigenvalue weighted by Crippen LogP contribution is 2.12. The van der Waals surface area contributed by atoms with Crippen LogP contribution in [-0.4, -0.2) is 11.6 Å². The molecule has 0 radical (unpaired) electrons. The molecule has 0 aliphatic carbocycles. The summed E-state index contributed by atoms with van der Waals surface area (Å²) in [5.41, 5.74) is 2.70. The highest BCUT2D eigenvalue weighted by molar-refractivity contribution is 5.34. The van der Waals surface area contributed by atoms with E-state index >= 15 is 0 Å². The van der Waals surface area contributed by atoms with Gasteiger partial charge >= 0.3 is 0 Å². The lowest BCUT2D eigenvalue weighted by molar-refractivity contribution is 0.298. The van der Waals surface area contributed by atoms with Crippen molar-refractivity contribution >= 4 is 0 Å². The Bertz CT molecular complexity index is 573. The Morgan fingerprint density at radius 3 is 2.74 bits per heavy atom. The van der Waals surface area contributed by atoms with Crippen LogP contribution in [0.4, 0.5) is 0 Å². The minimum absolute atomic E-state index is 0.532. The first kappa shape index (κ1) is 13.1. The van der Waals surface area contributed by atoms with Gasteiger partial charge in [-0.1, -0.05) is 30.3 Å². The molecule has 0 saturated carbocycles. The third kappa shape index (κ3) is 4.11. The van der Waals surface area contributed by atoms with Crippen LogP contribution < -0.4 is 4.74 Å². The number of hydrogen-bond acceptors (Lipinski definition) is 3. The second-order valence-corrected chi connectivity index (χ2v) is 4.38. The Hall–Kier alpha value is -2.34. The van der Waals surface area contributed by atoms with E-state index in [9.17, 15) is 0 Å². The molecule has 0 atom stereocenters. The summed E-state index contributed by atoms with van der Waals surface area (Å²) in [5.74, 6) is 0.532. The molecule has 0 spiro atoms. The van der Waals surface area contributed by atoms with E-state index in [0.717, 1.165) is 18.5 Å². The smallest absolute Gasteiger partial charge is 0.214 e. The number of aryl methyl sites for hydroxylation is 2. The standard InChI is InChI=1S/C16H16N2O/c1-13-10-15(12-17)11-16(18-13)19-9-5-8-14-6-3-2-4-7-14/h2-4,6-7,10-11H,5,8-9H2,1H3. The third-order valence-corrected chi connectivity index (χ3v) is 2.76. The molecule has 3 heteroatoms. The van der Waals surface area contributed by atoms with E-state index in [0.29, 0.717) is 18.1 Å². The first-order valence-corrected chi connectivity index (χ1v) is 6.33. The molecule has 0 unspecified atom stereocenters. The zero-order valence-electron chi connectivity index (χ0n) is 11.0. The van der Waals surface area contributed by atoms with Crippen LogP contribution >= 0.6 is 0 Å². The van der Waals surface area contributed by atoms with E-state index in [4.69, 9.17) is 10.00 Å². The Morgan fingerprint density at radius 1 is 1.21 bits per heavy atom. The molecule has 1 aromatic carbocycles. The Kier molecular flexibility index (Phi) is 4.52. The van der Waals surface area contributed by atoms with E-state index in [-0.39, 0.29) is 0 Å². The van der Waals surface area contributed by atoms with Gasteiger partial charge in [0.2, 0.25) is 5.88 Å². The fourth-order valence-corrected chi connectivity index (χ4v) is 1.87. The molecule has 2 aromatic rings. The first-order chi connectivity index (χ1) is 9.28. The van der Waals surface area contributed by atoms with E-state index < -0.39 is 0 Å². The van der Waals surface area contributed by atoms with Gasteiger partial charge in [-0.05, 0) is 31.4 Å². The van der Waals surface area contributed by atoms with Gasteiger partial charge in [0, 0.05) is 11.8 Å². The number of rotatable bonds is 5. The number of pyridine rings is 1.